The van der Waals surface area contributed by atoms with E-state index in [9.17, 15) is 23.1 Å². The van der Waals surface area contributed by atoms with Gasteiger partial charge in [0.25, 0.3) is 0 Å². The Bertz CT molecular complexity index is 1410. The normalized spacial score (nSPS) is 13.9. The topological polar surface area (TPSA) is 105 Å². The third-order valence-corrected chi connectivity index (χ3v) is 8.26. The van der Waals surface area contributed by atoms with Crippen LogP contribution in [0.2, 0.25) is 0 Å². The Kier molecular flexibility index (Phi) is 7.63. The summed E-state index contributed by atoms with van der Waals surface area (Å²) < 4.78 is 44.6. The molecule has 0 radical (unpaired) electrons. The number of hydrogen-bond donors (Lipinski definition) is 2. The van der Waals surface area contributed by atoms with Crippen LogP contribution in [0.25, 0.3) is 22.0 Å². The van der Waals surface area contributed by atoms with Crippen LogP contribution >= 0.6 is 11.8 Å². The van der Waals surface area contributed by atoms with Crippen molar-refractivity contribution in [1.82, 2.24) is 9.29 Å². The smallest absolute Gasteiger partial charge is 0.341 e. The number of fused-ring (bicyclic) bond motifs is 1. The molecule has 10 heteroatoms. The van der Waals surface area contributed by atoms with E-state index in [4.69, 9.17) is 0 Å². The number of carboxylic acids is 1. The highest BCUT2D eigenvalue weighted by Gasteiger charge is 2.27. The van der Waals surface area contributed by atoms with Crippen LogP contribution in [0.1, 0.15) is 48.5 Å². The maximum Gasteiger partial charge on any atom is 0.341 e. The summed E-state index contributed by atoms with van der Waals surface area (Å²) >= 11 is 1.76. The highest BCUT2D eigenvalue weighted by atomic mass is 32.2. The third kappa shape index (κ3) is 5.60. The fourth-order valence-electron chi connectivity index (χ4n) is 4.05. The second-order valence-corrected chi connectivity index (χ2v) is 11.4. The molecule has 0 unspecified atom stereocenters. The van der Waals surface area contributed by atoms with Gasteiger partial charge < -0.3 is 9.67 Å². The number of hydrogen-bond acceptors (Lipinski definition) is 5. The molecule has 0 atom stereocenters. The number of rotatable bonds is 11. The van der Waals surface area contributed by atoms with Crippen LogP contribution in [0.3, 0.4) is 0 Å². The van der Waals surface area contributed by atoms with E-state index in [-0.39, 0.29) is 27.5 Å². The summed E-state index contributed by atoms with van der Waals surface area (Å²) in [5.74, 6) is -0.976. The lowest BCUT2D eigenvalue weighted by Crippen LogP contribution is -2.24. The summed E-state index contributed by atoms with van der Waals surface area (Å²) in [6, 6.07) is 8.58. The average Bonchev–Trinajstić information content (AvgIpc) is 3.67. The number of carboxylic acid groups (broad SMARTS) is 1. The largest absolute Gasteiger partial charge is 0.477 e. The summed E-state index contributed by atoms with van der Waals surface area (Å²) in [5, 5.41) is 9.40. The molecule has 2 aromatic carbocycles. The van der Waals surface area contributed by atoms with Crippen molar-refractivity contribution in [3.05, 3.63) is 64.2 Å². The first-order valence-electron chi connectivity index (χ1n) is 11.4. The molecule has 1 aliphatic carbocycles. The Morgan fingerprint density at radius 2 is 1.89 bits per heavy atom. The minimum absolute atomic E-state index is 0.0129. The van der Waals surface area contributed by atoms with Gasteiger partial charge in [-0.05, 0) is 67.5 Å². The molecule has 0 amide bonds. The summed E-state index contributed by atoms with van der Waals surface area (Å²) in [4.78, 5) is 24.2. The SMILES string of the molecule is CSCCCCCNS(=O)(=O)c1ccc(-c2cc3c(cc2F)c(=O)c(C(=O)O)cn3C2CC2)cc1. The molecule has 2 N–H and O–H groups in total. The summed E-state index contributed by atoms with van der Waals surface area (Å²) in [6.07, 6.45) is 7.81. The summed E-state index contributed by atoms with van der Waals surface area (Å²) in [6.45, 7) is 0.356. The van der Waals surface area contributed by atoms with Gasteiger partial charge >= 0.3 is 5.97 Å². The second kappa shape index (κ2) is 10.5. The van der Waals surface area contributed by atoms with E-state index in [0.717, 1.165) is 43.9 Å². The Morgan fingerprint density at radius 1 is 1.17 bits per heavy atom. The van der Waals surface area contributed by atoms with E-state index >= 15 is 4.39 Å². The van der Waals surface area contributed by atoms with Crippen LogP contribution in [0, 0.1) is 5.82 Å². The van der Waals surface area contributed by atoms with E-state index in [0.29, 0.717) is 17.6 Å². The van der Waals surface area contributed by atoms with Gasteiger partial charge in [-0.2, -0.15) is 11.8 Å². The average molecular weight is 519 g/mol. The number of halogens is 1. The highest BCUT2D eigenvalue weighted by molar-refractivity contribution is 7.98. The minimum Gasteiger partial charge on any atom is -0.477 e. The fraction of sp³-hybridized carbons (Fsp3) is 0.360. The second-order valence-electron chi connectivity index (χ2n) is 8.64. The van der Waals surface area contributed by atoms with E-state index in [1.54, 1.807) is 16.3 Å². The number of thioether (sulfide) groups is 1. The maximum absolute atomic E-state index is 15.1. The van der Waals surface area contributed by atoms with Gasteiger partial charge in [0.15, 0.2) is 0 Å². The Labute approximate surface area is 207 Å². The Morgan fingerprint density at radius 3 is 2.51 bits per heavy atom. The van der Waals surface area contributed by atoms with E-state index < -0.39 is 27.2 Å². The molecule has 4 rings (SSSR count). The first kappa shape index (κ1) is 25.4. The van der Waals surface area contributed by atoms with Gasteiger partial charge in [0.05, 0.1) is 10.4 Å². The number of aromatic nitrogens is 1. The lowest BCUT2D eigenvalue weighted by atomic mass is 10.0. The predicted octanol–water partition coefficient (Wildman–Crippen LogP) is 4.65. The van der Waals surface area contributed by atoms with Crippen molar-refractivity contribution >= 4 is 38.7 Å². The Balaban J connectivity index is 1.62. The van der Waals surface area contributed by atoms with Gasteiger partial charge in [-0.15, -0.1) is 0 Å². The van der Waals surface area contributed by atoms with Crippen LogP contribution in [-0.2, 0) is 10.0 Å². The lowest BCUT2D eigenvalue weighted by Gasteiger charge is -2.14. The molecule has 0 spiro atoms. The molecule has 1 heterocycles. The molecule has 1 fully saturated rings. The first-order valence-corrected chi connectivity index (χ1v) is 14.3. The van der Waals surface area contributed by atoms with Crippen molar-refractivity contribution in [2.45, 2.75) is 43.0 Å². The number of benzene rings is 2. The molecule has 1 saturated carbocycles. The van der Waals surface area contributed by atoms with Crippen molar-refractivity contribution in [3.63, 3.8) is 0 Å². The van der Waals surface area contributed by atoms with Gasteiger partial charge in [-0.1, -0.05) is 18.6 Å². The molecular formula is C25H27FN2O5S2. The van der Waals surface area contributed by atoms with Gasteiger partial charge in [0.1, 0.15) is 11.4 Å². The zero-order chi connectivity index (χ0) is 25.2. The standard InChI is InChI=1S/C25H27FN2O5S2/c1-34-12-4-2-3-11-27-35(32,33)18-9-5-16(6-10-18)19-14-23-20(13-22(19)26)24(29)21(25(30)31)15-28(23)17-7-8-17/h5-6,9-10,13-15,17,27H,2-4,7-8,11-12H2,1H3,(H,30,31). The van der Waals surface area contributed by atoms with E-state index in [1.807, 2.05) is 6.26 Å². The highest BCUT2D eigenvalue weighted by Crippen LogP contribution is 2.38. The number of unbranched alkanes of at least 4 members (excludes halogenated alkanes) is 2. The fourth-order valence-corrected chi connectivity index (χ4v) is 5.62. The van der Waals surface area contributed by atoms with Crippen LogP contribution in [-0.4, -0.2) is 42.6 Å². The first-order chi connectivity index (χ1) is 16.7. The van der Waals surface area contributed by atoms with Crippen molar-refractivity contribution in [3.8, 4) is 11.1 Å². The van der Waals surface area contributed by atoms with Crippen molar-refractivity contribution < 1.29 is 22.7 Å². The van der Waals surface area contributed by atoms with Gasteiger partial charge in [0.2, 0.25) is 15.5 Å². The predicted molar refractivity (Wildman–Crippen MR) is 136 cm³/mol. The number of pyridine rings is 1. The zero-order valence-electron chi connectivity index (χ0n) is 19.3. The number of sulfonamides is 1. The lowest BCUT2D eigenvalue weighted by molar-refractivity contribution is 0.0695. The molecule has 1 aliphatic rings. The van der Waals surface area contributed by atoms with Gasteiger partial charge in [0, 0.05) is 29.7 Å². The number of carbonyl (C=O) groups is 1. The zero-order valence-corrected chi connectivity index (χ0v) is 20.9. The summed E-state index contributed by atoms with van der Waals surface area (Å²) in [5.41, 5.74) is 0.00927. The van der Waals surface area contributed by atoms with Crippen molar-refractivity contribution in [2.75, 3.05) is 18.6 Å². The number of nitrogens with one attached hydrogen (secondary N) is 1. The van der Waals surface area contributed by atoms with E-state index in [1.165, 1.54) is 36.5 Å². The summed E-state index contributed by atoms with van der Waals surface area (Å²) in [7, 11) is -3.68. The molecular weight excluding hydrogens is 491 g/mol. The van der Waals surface area contributed by atoms with Crippen molar-refractivity contribution in [2.24, 2.45) is 0 Å². The number of aromatic carboxylic acids is 1. The van der Waals surface area contributed by atoms with Gasteiger partial charge in [-0.25, -0.2) is 22.3 Å². The molecule has 3 aromatic rings. The Hall–Kier alpha value is -2.69. The molecule has 1 aromatic heterocycles. The van der Waals surface area contributed by atoms with Crippen LogP contribution in [0.4, 0.5) is 4.39 Å². The van der Waals surface area contributed by atoms with Crippen molar-refractivity contribution in [1.29, 1.82) is 0 Å². The molecule has 0 aliphatic heterocycles. The van der Waals surface area contributed by atoms with Gasteiger partial charge in [-0.3, -0.25) is 4.79 Å². The molecule has 186 valence electrons. The quantitative estimate of drug-likeness (QED) is 0.358. The molecule has 7 nitrogen and oxygen atoms in total. The minimum atomic E-state index is -3.68. The molecule has 0 bridgehead atoms. The maximum atomic E-state index is 15.1. The molecule has 0 saturated heterocycles. The monoisotopic (exact) mass is 518 g/mol. The van der Waals surface area contributed by atoms with E-state index in [2.05, 4.69) is 4.72 Å². The number of nitrogens with zero attached hydrogens (tertiary/aromatic N) is 1. The van der Waals surface area contributed by atoms with Crippen LogP contribution < -0.4 is 10.2 Å². The molecule has 35 heavy (non-hydrogen) atoms. The van der Waals surface area contributed by atoms with Crippen LogP contribution in [0.5, 0.6) is 0 Å². The van der Waals surface area contributed by atoms with Crippen LogP contribution in [0.15, 0.2) is 52.3 Å². The third-order valence-electron chi connectivity index (χ3n) is 6.08.